The Bertz CT molecular complexity index is 652. The second-order valence-electron chi connectivity index (χ2n) is 4.36. The van der Waals surface area contributed by atoms with Crippen LogP contribution in [0.5, 0.6) is 0 Å². The van der Waals surface area contributed by atoms with E-state index in [1.54, 1.807) is 0 Å². The molecule has 0 amide bonds. The van der Waals surface area contributed by atoms with Crippen LogP contribution in [0, 0.1) is 5.82 Å². The molecule has 0 spiro atoms. The molecule has 1 aliphatic rings. The fourth-order valence-corrected chi connectivity index (χ4v) is 4.78. The summed E-state index contributed by atoms with van der Waals surface area (Å²) in [5.41, 5.74) is 0. The first-order valence-corrected chi connectivity index (χ1v) is 9.03. The predicted molar refractivity (Wildman–Crippen MR) is 68.4 cm³/mol. The molecule has 1 heterocycles. The zero-order valence-electron chi connectivity index (χ0n) is 10.1. The Labute approximate surface area is 112 Å². The van der Waals surface area contributed by atoms with Gasteiger partial charge in [-0.1, -0.05) is 0 Å². The maximum Gasteiger partial charge on any atom is 0.243 e. The molecule has 0 saturated carbocycles. The molecule has 0 radical (unpaired) electrons. The Morgan fingerprint density at radius 1 is 1.05 bits per heavy atom. The maximum atomic E-state index is 12.8. The van der Waals surface area contributed by atoms with Crippen LogP contribution in [0.25, 0.3) is 0 Å². The molecule has 1 aromatic rings. The second-order valence-corrected chi connectivity index (χ2v) is 8.60. The van der Waals surface area contributed by atoms with Crippen molar-refractivity contribution in [3.8, 4) is 0 Å². The lowest BCUT2D eigenvalue weighted by molar-refractivity contribution is 0.434. The van der Waals surface area contributed by atoms with Gasteiger partial charge in [0.15, 0.2) is 9.84 Å². The van der Waals surface area contributed by atoms with Crippen LogP contribution in [0.3, 0.4) is 0 Å². The molecule has 19 heavy (non-hydrogen) atoms. The summed E-state index contributed by atoms with van der Waals surface area (Å²) in [6.45, 7) is 0.112. The van der Waals surface area contributed by atoms with Gasteiger partial charge in [0.1, 0.15) is 5.82 Å². The van der Waals surface area contributed by atoms with Gasteiger partial charge in [-0.25, -0.2) is 21.2 Å². The smallest absolute Gasteiger partial charge is 0.229 e. The Kier molecular flexibility index (Phi) is 3.93. The fraction of sp³-hybridized carbons (Fsp3) is 0.455. The summed E-state index contributed by atoms with van der Waals surface area (Å²) in [7, 11) is -6.92. The third-order valence-electron chi connectivity index (χ3n) is 2.97. The number of hydrogen-bond donors (Lipinski definition) is 0. The number of sulfone groups is 1. The molecule has 0 aliphatic carbocycles. The van der Waals surface area contributed by atoms with Crippen molar-refractivity contribution < 1.29 is 21.2 Å². The molecule has 5 nitrogen and oxygen atoms in total. The van der Waals surface area contributed by atoms with Gasteiger partial charge in [0.25, 0.3) is 0 Å². The van der Waals surface area contributed by atoms with E-state index in [0.29, 0.717) is 0 Å². The monoisotopic (exact) mass is 307 g/mol. The van der Waals surface area contributed by atoms with E-state index < -0.39 is 25.7 Å². The number of benzene rings is 1. The summed E-state index contributed by atoms with van der Waals surface area (Å²) in [6, 6.07) is 4.51. The quantitative estimate of drug-likeness (QED) is 0.803. The van der Waals surface area contributed by atoms with E-state index in [2.05, 4.69) is 0 Å². The van der Waals surface area contributed by atoms with Gasteiger partial charge in [-0.05, 0) is 30.7 Å². The van der Waals surface area contributed by atoms with Crippen LogP contribution in [0.15, 0.2) is 29.2 Å². The minimum atomic E-state index is -3.75. The molecular weight excluding hydrogens is 293 g/mol. The summed E-state index contributed by atoms with van der Waals surface area (Å²) in [6.07, 6.45) is 0.281. The van der Waals surface area contributed by atoms with Gasteiger partial charge in [-0.15, -0.1) is 0 Å². The molecule has 0 atom stereocenters. The molecule has 0 unspecified atom stereocenters. The Morgan fingerprint density at radius 2 is 1.68 bits per heavy atom. The van der Waals surface area contributed by atoms with Crippen molar-refractivity contribution in [1.82, 2.24) is 4.31 Å². The minimum absolute atomic E-state index is 0.00242. The first-order chi connectivity index (χ1) is 8.81. The highest BCUT2D eigenvalue weighted by Gasteiger charge is 2.28. The molecule has 0 aromatic heterocycles. The average molecular weight is 307 g/mol. The van der Waals surface area contributed by atoms with Gasteiger partial charge in [-0.2, -0.15) is 4.31 Å². The van der Waals surface area contributed by atoms with Gasteiger partial charge in [0.05, 0.1) is 16.4 Å². The zero-order valence-corrected chi connectivity index (χ0v) is 11.8. The average Bonchev–Trinajstić information content (AvgIpc) is 2.51. The second kappa shape index (κ2) is 5.18. The van der Waals surface area contributed by atoms with Crippen molar-refractivity contribution in [1.29, 1.82) is 0 Å². The first kappa shape index (κ1) is 14.4. The van der Waals surface area contributed by atoms with E-state index in [4.69, 9.17) is 0 Å². The first-order valence-electron chi connectivity index (χ1n) is 5.77. The summed E-state index contributed by atoms with van der Waals surface area (Å²) in [4.78, 5) is -0.0202. The lowest BCUT2D eigenvalue weighted by Gasteiger charge is -2.19. The van der Waals surface area contributed by atoms with Crippen molar-refractivity contribution in [2.24, 2.45) is 0 Å². The molecular formula is C11H14FNO4S2. The molecule has 1 aliphatic heterocycles. The zero-order chi connectivity index (χ0) is 14.1. The van der Waals surface area contributed by atoms with Crippen molar-refractivity contribution in [2.75, 3.05) is 24.6 Å². The molecule has 106 valence electrons. The molecule has 1 saturated heterocycles. The van der Waals surface area contributed by atoms with E-state index in [1.807, 2.05) is 0 Å². The van der Waals surface area contributed by atoms with Crippen LogP contribution in [0.2, 0.25) is 0 Å². The van der Waals surface area contributed by atoms with Crippen molar-refractivity contribution in [2.45, 2.75) is 11.3 Å². The van der Waals surface area contributed by atoms with Gasteiger partial charge in [-0.3, -0.25) is 0 Å². The van der Waals surface area contributed by atoms with Crippen molar-refractivity contribution in [3.05, 3.63) is 30.1 Å². The van der Waals surface area contributed by atoms with E-state index in [1.165, 1.54) is 12.1 Å². The van der Waals surface area contributed by atoms with Gasteiger partial charge >= 0.3 is 0 Å². The number of rotatable bonds is 2. The highest BCUT2D eigenvalue weighted by atomic mass is 32.2. The van der Waals surface area contributed by atoms with Crippen LogP contribution < -0.4 is 0 Å². The molecule has 1 fully saturated rings. The highest BCUT2D eigenvalue weighted by Crippen LogP contribution is 2.18. The number of nitrogens with zero attached hydrogens (tertiary/aromatic N) is 1. The predicted octanol–water partition coefficient (Wildman–Crippen LogP) is 0.635. The van der Waals surface area contributed by atoms with E-state index >= 15 is 0 Å². The van der Waals surface area contributed by atoms with Crippen molar-refractivity contribution >= 4 is 19.9 Å². The number of hydrogen-bond acceptors (Lipinski definition) is 4. The van der Waals surface area contributed by atoms with Gasteiger partial charge < -0.3 is 0 Å². The van der Waals surface area contributed by atoms with Crippen LogP contribution in [0.1, 0.15) is 6.42 Å². The van der Waals surface area contributed by atoms with Gasteiger partial charge in [0, 0.05) is 13.1 Å². The Balaban J connectivity index is 2.27. The lowest BCUT2D eigenvalue weighted by Crippen LogP contribution is -2.33. The standard InChI is InChI=1S/C11H14FNO4S2/c12-10-2-4-11(5-3-10)19(16,17)13-6-1-8-18(14,15)9-7-13/h2-5H,1,6-9H2. The SMILES string of the molecule is O=S1(=O)CCCN(S(=O)(=O)c2ccc(F)cc2)CC1. The Morgan fingerprint density at radius 3 is 2.32 bits per heavy atom. The normalized spacial score (nSPS) is 20.9. The Hall–Kier alpha value is -0.990. The summed E-state index contributed by atoms with van der Waals surface area (Å²) < 4.78 is 61.4. The largest absolute Gasteiger partial charge is 0.243 e. The van der Waals surface area contributed by atoms with Crippen LogP contribution in [-0.4, -0.2) is 45.7 Å². The summed E-state index contributed by atoms with van der Waals surface area (Å²) in [5.74, 6) is -0.687. The van der Waals surface area contributed by atoms with Crippen LogP contribution in [0.4, 0.5) is 4.39 Å². The molecule has 0 N–H and O–H groups in total. The third kappa shape index (κ3) is 3.31. The molecule has 1 aromatic carbocycles. The topological polar surface area (TPSA) is 71.5 Å². The molecule has 0 bridgehead atoms. The highest BCUT2D eigenvalue weighted by molar-refractivity contribution is 7.91. The van der Waals surface area contributed by atoms with E-state index in [9.17, 15) is 21.2 Å². The summed E-state index contributed by atoms with van der Waals surface area (Å²) in [5, 5.41) is 0. The number of halogens is 1. The minimum Gasteiger partial charge on any atom is -0.229 e. The van der Waals surface area contributed by atoms with Crippen LogP contribution >= 0.6 is 0 Å². The van der Waals surface area contributed by atoms with Crippen molar-refractivity contribution in [3.63, 3.8) is 0 Å². The summed E-state index contributed by atoms with van der Waals surface area (Å²) >= 11 is 0. The lowest BCUT2D eigenvalue weighted by atomic mass is 10.4. The van der Waals surface area contributed by atoms with Gasteiger partial charge in [0.2, 0.25) is 10.0 Å². The fourth-order valence-electron chi connectivity index (χ4n) is 1.91. The molecule has 8 heteroatoms. The molecule has 2 rings (SSSR count). The van der Waals surface area contributed by atoms with E-state index in [-0.39, 0.29) is 35.9 Å². The van der Waals surface area contributed by atoms with Crippen LogP contribution in [-0.2, 0) is 19.9 Å². The third-order valence-corrected chi connectivity index (χ3v) is 6.59. The number of sulfonamides is 1. The van der Waals surface area contributed by atoms with E-state index in [0.717, 1.165) is 16.4 Å². The maximum absolute atomic E-state index is 12.8.